The molecule has 0 atom stereocenters. The maximum atomic E-state index is 12.9. The number of carbonyl (C=O) groups is 1. The fourth-order valence-electron chi connectivity index (χ4n) is 3.27. The number of nitrogens with one attached hydrogen (secondary N) is 1. The van der Waals surface area contributed by atoms with E-state index in [9.17, 15) is 36.2 Å². The summed E-state index contributed by atoms with van der Waals surface area (Å²) in [4.78, 5) is 16.0. The molecule has 2 aromatic heterocycles. The predicted molar refractivity (Wildman–Crippen MR) is 114 cm³/mol. The van der Waals surface area contributed by atoms with Crippen molar-refractivity contribution in [2.75, 3.05) is 18.5 Å². The Morgan fingerprint density at radius 3 is 2.49 bits per heavy atom. The molecule has 0 fully saturated rings. The number of aliphatic hydroxyl groups is 1. The van der Waals surface area contributed by atoms with Crippen molar-refractivity contribution in [3.05, 3.63) is 53.5 Å². The number of aryl methyl sites for hydroxylation is 1. The van der Waals surface area contributed by atoms with E-state index in [1.807, 2.05) is 0 Å². The number of fused-ring (bicyclic) bond motifs is 1. The van der Waals surface area contributed by atoms with Gasteiger partial charge in [0.05, 0.1) is 11.1 Å². The van der Waals surface area contributed by atoms with Crippen LogP contribution in [0.4, 0.5) is 32.0 Å². The average molecular weight is 504 g/mol. The van der Waals surface area contributed by atoms with E-state index >= 15 is 0 Å². The highest BCUT2D eigenvalue weighted by molar-refractivity contribution is 6.04. The molecule has 0 unspecified atom stereocenters. The molecule has 1 amide bonds. The number of nitrogens with zero attached hydrogens (tertiary/aromatic N) is 3. The Balaban J connectivity index is 1.82. The maximum absolute atomic E-state index is 12.9. The molecule has 3 aromatic rings. The number of benzene rings is 1. The zero-order chi connectivity index (χ0) is 26.0. The zero-order valence-corrected chi connectivity index (χ0v) is 18.7. The Kier molecular flexibility index (Phi) is 7.41. The SMILES string of the molecule is CC(C)(O)c1cc2nn(CCCOCC(F)(F)F)cc2cc1NC(=O)c1cccc(C(F)(F)F)n1. The summed E-state index contributed by atoms with van der Waals surface area (Å²) in [6, 6.07) is 5.95. The molecular weight excluding hydrogens is 482 g/mol. The minimum atomic E-state index is -4.72. The number of pyridine rings is 1. The molecule has 3 rings (SSSR count). The van der Waals surface area contributed by atoms with E-state index in [0.717, 1.165) is 18.2 Å². The molecule has 190 valence electrons. The van der Waals surface area contributed by atoms with E-state index in [1.54, 1.807) is 6.20 Å². The van der Waals surface area contributed by atoms with Gasteiger partial charge < -0.3 is 15.2 Å². The minimum Gasteiger partial charge on any atom is -0.386 e. The quantitative estimate of drug-likeness (QED) is 0.337. The summed E-state index contributed by atoms with van der Waals surface area (Å²) < 4.78 is 81.3. The number of hydrogen-bond acceptors (Lipinski definition) is 5. The lowest BCUT2D eigenvalue weighted by molar-refractivity contribution is -0.174. The van der Waals surface area contributed by atoms with Gasteiger partial charge in [-0.15, -0.1) is 0 Å². The summed E-state index contributed by atoms with van der Waals surface area (Å²) >= 11 is 0. The van der Waals surface area contributed by atoms with Crippen LogP contribution in [0.3, 0.4) is 0 Å². The molecule has 7 nitrogen and oxygen atoms in total. The van der Waals surface area contributed by atoms with Gasteiger partial charge in [0.2, 0.25) is 0 Å². The normalized spacial score (nSPS) is 12.8. The van der Waals surface area contributed by atoms with Gasteiger partial charge in [0.1, 0.15) is 18.0 Å². The average Bonchev–Trinajstić information content (AvgIpc) is 3.12. The Morgan fingerprint density at radius 2 is 1.86 bits per heavy atom. The van der Waals surface area contributed by atoms with Crippen molar-refractivity contribution in [3.63, 3.8) is 0 Å². The van der Waals surface area contributed by atoms with E-state index in [0.29, 0.717) is 10.9 Å². The maximum Gasteiger partial charge on any atom is 0.433 e. The van der Waals surface area contributed by atoms with Gasteiger partial charge in [-0.2, -0.15) is 31.4 Å². The van der Waals surface area contributed by atoms with Crippen molar-refractivity contribution in [1.29, 1.82) is 0 Å². The first-order chi connectivity index (χ1) is 16.1. The van der Waals surface area contributed by atoms with E-state index < -0.39 is 41.9 Å². The lowest BCUT2D eigenvalue weighted by Gasteiger charge is -2.22. The second kappa shape index (κ2) is 9.82. The third-order valence-corrected chi connectivity index (χ3v) is 4.81. The third-order valence-electron chi connectivity index (χ3n) is 4.81. The highest BCUT2D eigenvalue weighted by Gasteiger charge is 2.33. The molecule has 2 heterocycles. The predicted octanol–water partition coefficient (Wildman–Crippen LogP) is 4.90. The van der Waals surface area contributed by atoms with Crippen LogP contribution in [-0.2, 0) is 23.1 Å². The summed E-state index contributed by atoms with van der Waals surface area (Å²) in [5, 5.41) is 17.9. The number of aromatic nitrogens is 3. The number of alkyl halides is 6. The van der Waals surface area contributed by atoms with Crippen LogP contribution in [0.1, 0.15) is 42.0 Å². The molecule has 13 heteroatoms. The van der Waals surface area contributed by atoms with Crippen LogP contribution in [0.15, 0.2) is 36.5 Å². The van der Waals surface area contributed by atoms with Gasteiger partial charge in [-0.05, 0) is 44.5 Å². The van der Waals surface area contributed by atoms with Crippen LogP contribution in [-0.4, -0.2) is 45.2 Å². The van der Waals surface area contributed by atoms with E-state index in [1.165, 1.54) is 30.7 Å². The van der Waals surface area contributed by atoms with Crippen LogP contribution in [0.25, 0.3) is 10.9 Å². The van der Waals surface area contributed by atoms with Crippen molar-refractivity contribution in [2.45, 2.75) is 44.8 Å². The van der Waals surface area contributed by atoms with Crippen molar-refractivity contribution < 1.29 is 41.0 Å². The molecule has 0 bridgehead atoms. The third kappa shape index (κ3) is 7.15. The minimum absolute atomic E-state index is 0.129. The first-order valence-corrected chi connectivity index (χ1v) is 10.4. The lowest BCUT2D eigenvalue weighted by atomic mass is 9.95. The summed E-state index contributed by atoms with van der Waals surface area (Å²) in [6.07, 6.45) is -7.28. The number of amides is 1. The van der Waals surface area contributed by atoms with E-state index in [-0.39, 0.29) is 30.8 Å². The fourth-order valence-corrected chi connectivity index (χ4v) is 3.27. The number of rotatable bonds is 8. The summed E-state index contributed by atoms with van der Waals surface area (Å²) in [5.41, 5.74) is -2.30. The molecular formula is C22H22F6N4O3. The van der Waals surface area contributed by atoms with E-state index in [4.69, 9.17) is 0 Å². The topological polar surface area (TPSA) is 89.3 Å². The molecule has 35 heavy (non-hydrogen) atoms. The second-order valence-electron chi connectivity index (χ2n) is 8.29. The monoisotopic (exact) mass is 504 g/mol. The molecule has 1 aromatic carbocycles. The molecule has 0 saturated carbocycles. The first kappa shape index (κ1) is 26.4. The Labute approximate surface area is 195 Å². The highest BCUT2D eigenvalue weighted by Crippen LogP contribution is 2.32. The highest BCUT2D eigenvalue weighted by atomic mass is 19.4. The number of halogens is 6. The summed E-state index contributed by atoms with van der Waals surface area (Å²) in [7, 11) is 0. The van der Waals surface area contributed by atoms with Crippen LogP contribution >= 0.6 is 0 Å². The molecule has 0 spiro atoms. The van der Waals surface area contributed by atoms with Crippen LogP contribution in [0.2, 0.25) is 0 Å². The lowest BCUT2D eigenvalue weighted by Crippen LogP contribution is -2.22. The second-order valence-corrected chi connectivity index (χ2v) is 8.29. The fraction of sp³-hybridized carbons (Fsp3) is 0.409. The number of carbonyl (C=O) groups excluding carboxylic acids is 1. The smallest absolute Gasteiger partial charge is 0.386 e. The first-order valence-electron chi connectivity index (χ1n) is 10.4. The Hall–Kier alpha value is -3.19. The molecule has 0 aliphatic carbocycles. The van der Waals surface area contributed by atoms with Crippen LogP contribution < -0.4 is 5.32 Å². The van der Waals surface area contributed by atoms with Crippen molar-refractivity contribution in [2.24, 2.45) is 0 Å². The van der Waals surface area contributed by atoms with Crippen molar-refractivity contribution in [3.8, 4) is 0 Å². The summed E-state index contributed by atoms with van der Waals surface area (Å²) in [6.45, 7) is 1.70. The van der Waals surface area contributed by atoms with Gasteiger partial charge in [-0.1, -0.05) is 6.07 Å². The van der Waals surface area contributed by atoms with Gasteiger partial charge >= 0.3 is 12.4 Å². The number of anilines is 1. The zero-order valence-electron chi connectivity index (χ0n) is 18.7. The van der Waals surface area contributed by atoms with Crippen molar-refractivity contribution in [1.82, 2.24) is 14.8 Å². The number of ether oxygens (including phenoxy) is 1. The van der Waals surface area contributed by atoms with Crippen LogP contribution in [0, 0.1) is 0 Å². The van der Waals surface area contributed by atoms with Gasteiger partial charge in [0.15, 0.2) is 0 Å². The van der Waals surface area contributed by atoms with Gasteiger partial charge in [0.25, 0.3) is 5.91 Å². The van der Waals surface area contributed by atoms with Crippen LogP contribution in [0.5, 0.6) is 0 Å². The largest absolute Gasteiger partial charge is 0.433 e. The standard InChI is InChI=1S/C22H22F6N4O3/c1-20(2,34)14-10-16-13(11-32(31-16)7-4-8-35-12-21(23,24)25)9-17(14)30-19(33)15-5-3-6-18(29-15)22(26,27)28/h3,5-6,9-11,34H,4,7-8,12H2,1-2H3,(H,30,33). The van der Waals surface area contributed by atoms with Gasteiger partial charge in [-0.3, -0.25) is 9.48 Å². The van der Waals surface area contributed by atoms with Gasteiger partial charge in [0, 0.05) is 36.0 Å². The van der Waals surface area contributed by atoms with Crippen molar-refractivity contribution >= 4 is 22.5 Å². The molecule has 2 N–H and O–H groups in total. The Morgan fingerprint density at radius 1 is 1.14 bits per heavy atom. The summed E-state index contributed by atoms with van der Waals surface area (Å²) in [5.74, 6) is -0.907. The Bertz CT molecular complexity index is 1200. The molecule has 0 saturated heterocycles. The molecule has 0 radical (unpaired) electrons. The van der Waals surface area contributed by atoms with Gasteiger partial charge in [-0.25, -0.2) is 4.98 Å². The molecule has 0 aliphatic rings. The molecule has 0 aliphatic heterocycles. The van der Waals surface area contributed by atoms with E-state index in [2.05, 4.69) is 20.1 Å². The number of hydrogen-bond donors (Lipinski definition) is 2.